The molecule has 17 heavy (non-hydrogen) atoms. The standard InChI is InChI=1S/C12H16N4O/c1-2-5-10(13)12-15-11(16-17-12)8-9-6-3-4-7-14-9/h3-4,6-7,10H,2,5,8,13H2,1H3/t10-/m0/s1. The molecule has 5 heteroatoms. The summed E-state index contributed by atoms with van der Waals surface area (Å²) >= 11 is 0. The normalized spacial score (nSPS) is 12.6. The predicted octanol–water partition coefficient (Wildman–Crippen LogP) is 1.86. The molecule has 1 atom stereocenters. The van der Waals surface area contributed by atoms with Gasteiger partial charge in [-0.2, -0.15) is 4.98 Å². The number of hydrogen-bond donors (Lipinski definition) is 1. The van der Waals surface area contributed by atoms with Crippen LogP contribution in [0.1, 0.15) is 43.2 Å². The maximum absolute atomic E-state index is 5.90. The average molecular weight is 232 g/mol. The van der Waals surface area contributed by atoms with Crippen LogP contribution in [0.5, 0.6) is 0 Å². The van der Waals surface area contributed by atoms with Crippen molar-refractivity contribution in [2.24, 2.45) is 5.73 Å². The fourth-order valence-corrected chi connectivity index (χ4v) is 1.59. The summed E-state index contributed by atoms with van der Waals surface area (Å²) in [6.45, 7) is 2.07. The molecular formula is C12H16N4O. The van der Waals surface area contributed by atoms with Crippen LogP contribution < -0.4 is 5.73 Å². The summed E-state index contributed by atoms with van der Waals surface area (Å²) in [5.74, 6) is 1.14. The van der Waals surface area contributed by atoms with E-state index < -0.39 is 0 Å². The second-order valence-corrected chi connectivity index (χ2v) is 3.94. The quantitative estimate of drug-likeness (QED) is 0.851. The van der Waals surface area contributed by atoms with Crippen LogP contribution >= 0.6 is 0 Å². The molecular weight excluding hydrogens is 216 g/mol. The van der Waals surface area contributed by atoms with Crippen LogP contribution in [0.25, 0.3) is 0 Å². The summed E-state index contributed by atoms with van der Waals surface area (Å²) in [4.78, 5) is 8.49. The van der Waals surface area contributed by atoms with Crippen molar-refractivity contribution in [3.05, 3.63) is 41.8 Å². The maximum Gasteiger partial charge on any atom is 0.243 e. The highest BCUT2D eigenvalue weighted by Gasteiger charge is 2.14. The lowest BCUT2D eigenvalue weighted by molar-refractivity contribution is 0.344. The van der Waals surface area contributed by atoms with Crippen molar-refractivity contribution >= 4 is 0 Å². The minimum absolute atomic E-state index is 0.162. The van der Waals surface area contributed by atoms with Crippen LogP contribution in [0.4, 0.5) is 0 Å². The van der Waals surface area contributed by atoms with Crippen molar-refractivity contribution in [3.63, 3.8) is 0 Å². The molecule has 2 aromatic heterocycles. The van der Waals surface area contributed by atoms with Crippen molar-refractivity contribution in [2.75, 3.05) is 0 Å². The Morgan fingerprint density at radius 3 is 3.00 bits per heavy atom. The van der Waals surface area contributed by atoms with E-state index in [1.54, 1.807) is 6.20 Å². The summed E-state index contributed by atoms with van der Waals surface area (Å²) in [5.41, 5.74) is 6.82. The lowest BCUT2D eigenvalue weighted by Crippen LogP contribution is -2.10. The van der Waals surface area contributed by atoms with Crippen LogP contribution in [0, 0.1) is 0 Å². The first-order chi connectivity index (χ1) is 8.29. The van der Waals surface area contributed by atoms with E-state index in [9.17, 15) is 0 Å². The van der Waals surface area contributed by atoms with Crippen LogP contribution in [-0.4, -0.2) is 15.1 Å². The highest BCUT2D eigenvalue weighted by molar-refractivity contribution is 5.09. The third-order valence-corrected chi connectivity index (χ3v) is 2.47. The topological polar surface area (TPSA) is 77.8 Å². The third-order valence-electron chi connectivity index (χ3n) is 2.47. The first kappa shape index (κ1) is 11.7. The van der Waals surface area contributed by atoms with Gasteiger partial charge in [0.1, 0.15) is 0 Å². The van der Waals surface area contributed by atoms with Gasteiger partial charge >= 0.3 is 0 Å². The second kappa shape index (κ2) is 5.54. The summed E-state index contributed by atoms with van der Waals surface area (Å²) in [6, 6.07) is 5.58. The first-order valence-electron chi connectivity index (χ1n) is 5.77. The Labute approximate surface area is 100 Å². The molecule has 0 saturated carbocycles. The zero-order valence-electron chi connectivity index (χ0n) is 9.84. The van der Waals surface area contributed by atoms with Crippen LogP contribution in [0.3, 0.4) is 0 Å². The lowest BCUT2D eigenvalue weighted by atomic mass is 10.2. The second-order valence-electron chi connectivity index (χ2n) is 3.94. The SMILES string of the molecule is CCC[C@H](N)c1nc(Cc2ccccn2)no1. The highest BCUT2D eigenvalue weighted by atomic mass is 16.5. The number of rotatable bonds is 5. The zero-order valence-corrected chi connectivity index (χ0v) is 9.84. The summed E-state index contributed by atoms with van der Waals surface area (Å²) in [5, 5.41) is 3.91. The molecule has 0 aliphatic rings. The van der Waals surface area contributed by atoms with E-state index in [2.05, 4.69) is 22.0 Å². The molecule has 0 unspecified atom stereocenters. The molecule has 0 bridgehead atoms. The van der Waals surface area contributed by atoms with Crippen LogP contribution in [0.2, 0.25) is 0 Å². The first-order valence-corrected chi connectivity index (χ1v) is 5.77. The van der Waals surface area contributed by atoms with Gasteiger partial charge in [0.25, 0.3) is 0 Å². The van der Waals surface area contributed by atoms with Crippen molar-refractivity contribution in [1.82, 2.24) is 15.1 Å². The predicted molar refractivity (Wildman–Crippen MR) is 63.2 cm³/mol. The van der Waals surface area contributed by atoms with Crippen LogP contribution in [0.15, 0.2) is 28.9 Å². The molecule has 0 aliphatic carbocycles. The Morgan fingerprint density at radius 1 is 1.41 bits per heavy atom. The van der Waals surface area contributed by atoms with E-state index >= 15 is 0 Å². The molecule has 2 rings (SSSR count). The molecule has 0 radical (unpaired) electrons. The lowest BCUT2D eigenvalue weighted by Gasteiger charge is -2.02. The smallest absolute Gasteiger partial charge is 0.243 e. The monoisotopic (exact) mass is 232 g/mol. The summed E-state index contributed by atoms with van der Waals surface area (Å²) < 4.78 is 5.14. The van der Waals surface area contributed by atoms with Gasteiger partial charge in [-0.3, -0.25) is 4.98 Å². The molecule has 0 aromatic carbocycles. The van der Waals surface area contributed by atoms with E-state index in [4.69, 9.17) is 10.3 Å². The van der Waals surface area contributed by atoms with Gasteiger partial charge < -0.3 is 10.3 Å². The van der Waals surface area contributed by atoms with Gasteiger partial charge in [0, 0.05) is 11.9 Å². The fraction of sp³-hybridized carbons (Fsp3) is 0.417. The van der Waals surface area contributed by atoms with Crippen molar-refractivity contribution in [1.29, 1.82) is 0 Å². The number of nitrogens with zero attached hydrogens (tertiary/aromatic N) is 3. The van der Waals surface area contributed by atoms with E-state index in [1.807, 2.05) is 18.2 Å². The molecule has 0 aliphatic heterocycles. The Bertz CT molecular complexity index is 455. The molecule has 5 nitrogen and oxygen atoms in total. The number of nitrogens with two attached hydrogens (primary N) is 1. The average Bonchev–Trinajstić information content (AvgIpc) is 2.79. The summed E-state index contributed by atoms with van der Waals surface area (Å²) in [6.07, 6.45) is 4.17. The molecule has 90 valence electrons. The van der Waals surface area contributed by atoms with Crippen molar-refractivity contribution in [2.45, 2.75) is 32.2 Å². The molecule has 0 amide bonds. The van der Waals surface area contributed by atoms with E-state index in [-0.39, 0.29) is 6.04 Å². The minimum atomic E-state index is -0.162. The maximum atomic E-state index is 5.90. The Morgan fingerprint density at radius 2 is 2.29 bits per heavy atom. The molecule has 2 aromatic rings. The molecule has 0 fully saturated rings. The van der Waals surface area contributed by atoms with Gasteiger partial charge in [-0.05, 0) is 18.6 Å². The van der Waals surface area contributed by atoms with Gasteiger partial charge in [-0.1, -0.05) is 24.6 Å². The number of pyridine rings is 1. The number of hydrogen-bond acceptors (Lipinski definition) is 5. The molecule has 0 spiro atoms. The van der Waals surface area contributed by atoms with Gasteiger partial charge in [0.15, 0.2) is 5.82 Å². The minimum Gasteiger partial charge on any atom is -0.338 e. The summed E-state index contributed by atoms with van der Waals surface area (Å²) in [7, 11) is 0. The van der Waals surface area contributed by atoms with E-state index in [0.29, 0.717) is 18.1 Å². The third kappa shape index (κ3) is 3.10. The van der Waals surface area contributed by atoms with E-state index in [1.165, 1.54) is 0 Å². The Kier molecular flexibility index (Phi) is 3.82. The Balaban J connectivity index is 2.04. The zero-order chi connectivity index (χ0) is 12.1. The number of aromatic nitrogens is 3. The molecule has 2 heterocycles. The fourth-order valence-electron chi connectivity index (χ4n) is 1.59. The van der Waals surface area contributed by atoms with Crippen LogP contribution in [-0.2, 0) is 6.42 Å². The van der Waals surface area contributed by atoms with Gasteiger partial charge in [-0.15, -0.1) is 0 Å². The van der Waals surface area contributed by atoms with Gasteiger partial charge in [0.05, 0.1) is 12.5 Å². The molecule has 2 N–H and O–H groups in total. The Hall–Kier alpha value is -1.75. The van der Waals surface area contributed by atoms with Crippen molar-refractivity contribution in [3.8, 4) is 0 Å². The van der Waals surface area contributed by atoms with E-state index in [0.717, 1.165) is 18.5 Å². The van der Waals surface area contributed by atoms with Gasteiger partial charge in [-0.25, -0.2) is 0 Å². The van der Waals surface area contributed by atoms with Crippen molar-refractivity contribution < 1.29 is 4.52 Å². The van der Waals surface area contributed by atoms with Gasteiger partial charge in [0.2, 0.25) is 5.89 Å². The highest BCUT2D eigenvalue weighted by Crippen LogP contribution is 2.14. The molecule has 0 saturated heterocycles. The largest absolute Gasteiger partial charge is 0.338 e.